The summed E-state index contributed by atoms with van der Waals surface area (Å²) in [6, 6.07) is 17.8. The van der Waals surface area contributed by atoms with Gasteiger partial charge in [0, 0.05) is 18.3 Å². The first-order valence-electron chi connectivity index (χ1n) is 10.2. The molecule has 2 aromatic carbocycles. The van der Waals surface area contributed by atoms with Gasteiger partial charge in [0.15, 0.2) is 0 Å². The van der Waals surface area contributed by atoms with Gasteiger partial charge in [0.1, 0.15) is 6.04 Å². The van der Waals surface area contributed by atoms with E-state index in [1.165, 1.54) is 11.1 Å². The van der Waals surface area contributed by atoms with Crippen LogP contribution in [0.15, 0.2) is 54.6 Å². The van der Waals surface area contributed by atoms with Crippen molar-refractivity contribution >= 4 is 23.6 Å². The zero-order chi connectivity index (χ0) is 21.2. The van der Waals surface area contributed by atoms with Crippen molar-refractivity contribution in [3.63, 3.8) is 0 Å². The minimum atomic E-state index is -0.468. The Morgan fingerprint density at radius 1 is 1.00 bits per heavy atom. The predicted octanol–water partition coefficient (Wildman–Crippen LogP) is 4.56. The molecule has 2 amide bonds. The molecule has 0 saturated heterocycles. The van der Waals surface area contributed by atoms with E-state index in [9.17, 15) is 9.59 Å². The van der Waals surface area contributed by atoms with Gasteiger partial charge in [0.05, 0.1) is 5.75 Å². The fourth-order valence-corrected chi connectivity index (χ4v) is 3.97. The summed E-state index contributed by atoms with van der Waals surface area (Å²) in [4.78, 5) is 27.6. The average molecular weight is 413 g/mol. The number of nitrogens with zero attached hydrogens (tertiary/aromatic N) is 1. The molecule has 0 spiro atoms. The molecular formula is C24H32N2O2S. The topological polar surface area (TPSA) is 49.4 Å². The van der Waals surface area contributed by atoms with Crippen LogP contribution in [0.1, 0.15) is 43.9 Å². The highest BCUT2D eigenvalue weighted by molar-refractivity contribution is 7.99. The number of aryl methyl sites for hydroxylation is 1. The van der Waals surface area contributed by atoms with Gasteiger partial charge in [-0.3, -0.25) is 9.59 Å². The smallest absolute Gasteiger partial charge is 0.243 e. The van der Waals surface area contributed by atoms with Gasteiger partial charge in [-0.05, 0) is 38.3 Å². The summed E-state index contributed by atoms with van der Waals surface area (Å²) in [7, 11) is 0. The molecule has 156 valence electrons. The summed E-state index contributed by atoms with van der Waals surface area (Å²) < 4.78 is 0. The van der Waals surface area contributed by atoms with Gasteiger partial charge < -0.3 is 10.2 Å². The highest BCUT2D eigenvalue weighted by atomic mass is 32.2. The fourth-order valence-electron chi connectivity index (χ4n) is 3.10. The Labute approximate surface area is 179 Å². The summed E-state index contributed by atoms with van der Waals surface area (Å²) in [5, 5.41) is 2.96. The lowest BCUT2D eigenvalue weighted by atomic mass is 10.1. The van der Waals surface area contributed by atoms with Crippen molar-refractivity contribution in [2.45, 2.75) is 58.5 Å². The van der Waals surface area contributed by atoms with Crippen LogP contribution in [0.3, 0.4) is 0 Å². The van der Waals surface area contributed by atoms with Crippen molar-refractivity contribution < 1.29 is 9.59 Å². The van der Waals surface area contributed by atoms with Crippen LogP contribution in [0.4, 0.5) is 0 Å². The number of nitrogens with one attached hydrogen (secondary N) is 1. The molecule has 1 N–H and O–H groups in total. The summed E-state index contributed by atoms with van der Waals surface area (Å²) in [5.41, 5.74) is 3.46. The number of carbonyl (C=O) groups is 2. The van der Waals surface area contributed by atoms with Crippen LogP contribution in [0, 0.1) is 6.92 Å². The fraction of sp³-hybridized carbons (Fsp3) is 0.417. The van der Waals surface area contributed by atoms with Gasteiger partial charge in [0.2, 0.25) is 11.8 Å². The van der Waals surface area contributed by atoms with E-state index in [1.807, 2.05) is 51.1 Å². The predicted molar refractivity (Wildman–Crippen MR) is 122 cm³/mol. The van der Waals surface area contributed by atoms with Crippen molar-refractivity contribution in [3.8, 4) is 0 Å². The first kappa shape index (κ1) is 23.0. The van der Waals surface area contributed by atoms with E-state index < -0.39 is 6.04 Å². The van der Waals surface area contributed by atoms with Crippen LogP contribution in [0.25, 0.3) is 0 Å². The third-order valence-electron chi connectivity index (χ3n) is 4.63. The van der Waals surface area contributed by atoms with E-state index in [0.29, 0.717) is 18.7 Å². The second-order valence-electron chi connectivity index (χ2n) is 7.57. The largest absolute Gasteiger partial charge is 0.352 e. The molecule has 2 aromatic rings. The van der Waals surface area contributed by atoms with Gasteiger partial charge in [-0.1, -0.05) is 67.1 Å². The van der Waals surface area contributed by atoms with E-state index in [4.69, 9.17) is 0 Å². The lowest BCUT2D eigenvalue weighted by Gasteiger charge is -2.31. The lowest BCUT2D eigenvalue weighted by molar-refractivity contribution is -0.139. The van der Waals surface area contributed by atoms with Gasteiger partial charge in [-0.2, -0.15) is 0 Å². The zero-order valence-electron chi connectivity index (χ0n) is 17.9. The lowest BCUT2D eigenvalue weighted by Crippen LogP contribution is -2.50. The molecule has 0 saturated carbocycles. The van der Waals surface area contributed by atoms with Gasteiger partial charge in [-0.15, -0.1) is 11.8 Å². The first-order valence-corrected chi connectivity index (χ1v) is 11.3. The minimum absolute atomic E-state index is 0.00304. The minimum Gasteiger partial charge on any atom is -0.352 e. The standard InChI is InChI=1S/C24H32N2O2S/c1-5-22(24(28)25-18(2)3)26(15-20-9-7-6-8-10-20)23(27)17-29-16-21-13-11-19(4)12-14-21/h6-14,18,22H,5,15-17H2,1-4H3,(H,25,28)/t22-/m1/s1. The molecule has 0 heterocycles. The molecule has 5 heteroatoms. The Balaban J connectivity index is 2.08. The van der Waals surface area contributed by atoms with E-state index in [0.717, 1.165) is 11.3 Å². The quantitative estimate of drug-likeness (QED) is 0.622. The van der Waals surface area contributed by atoms with E-state index >= 15 is 0 Å². The van der Waals surface area contributed by atoms with Gasteiger partial charge >= 0.3 is 0 Å². The average Bonchev–Trinajstić information content (AvgIpc) is 2.69. The number of hydrogen-bond acceptors (Lipinski definition) is 3. The summed E-state index contributed by atoms with van der Waals surface area (Å²) >= 11 is 1.59. The molecule has 0 aliphatic rings. The van der Waals surface area contributed by atoms with Crippen molar-refractivity contribution in [2.24, 2.45) is 0 Å². The summed E-state index contributed by atoms with van der Waals surface area (Å²) in [6.45, 7) is 8.33. The molecule has 0 aliphatic carbocycles. The van der Waals surface area contributed by atoms with E-state index in [2.05, 4.69) is 36.5 Å². The number of amides is 2. The highest BCUT2D eigenvalue weighted by Crippen LogP contribution is 2.17. The molecule has 0 bridgehead atoms. The number of hydrogen-bond donors (Lipinski definition) is 1. The van der Waals surface area contributed by atoms with Crippen molar-refractivity contribution in [1.82, 2.24) is 10.2 Å². The SMILES string of the molecule is CC[C@H](C(=O)NC(C)C)N(Cc1ccccc1)C(=O)CSCc1ccc(C)cc1. The van der Waals surface area contributed by atoms with Crippen LogP contribution in [0.2, 0.25) is 0 Å². The third kappa shape index (κ3) is 7.58. The normalized spacial score (nSPS) is 11.9. The van der Waals surface area contributed by atoms with Crippen LogP contribution in [-0.4, -0.2) is 34.6 Å². The number of benzene rings is 2. The number of rotatable bonds is 10. The Bertz CT molecular complexity index is 775. The van der Waals surface area contributed by atoms with Crippen molar-refractivity contribution in [2.75, 3.05) is 5.75 Å². The maximum atomic E-state index is 13.1. The Morgan fingerprint density at radius 3 is 2.24 bits per heavy atom. The van der Waals surface area contributed by atoms with Crippen LogP contribution in [0.5, 0.6) is 0 Å². The second-order valence-corrected chi connectivity index (χ2v) is 8.56. The van der Waals surface area contributed by atoms with E-state index in [-0.39, 0.29) is 17.9 Å². The molecular weight excluding hydrogens is 380 g/mol. The van der Waals surface area contributed by atoms with E-state index in [1.54, 1.807) is 16.7 Å². The zero-order valence-corrected chi connectivity index (χ0v) is 18.7. The highest BCUT2D eigenvalue weighted by Gasteiger charge is 2.28. The molecule has 0 fully saturated rings. The molecule has 4 nitrogen and oxygen atoms in total. The van der Waals surface area contributed by atoms with Crippen molar-refractivity contribution in [3.05, 3.63) is 71.3 Å². The molecule has 1 atom stereocenters. The summed E-state index contributed by atoms with van der Waals surface area (Å²) in [6.07, 6.45) is 0.583. The van der Waals surface area contributed by atoms with Crippen molar-refractivity contribution in [1.29, 1.82) is 0 Å². The Morgan fingerprint density at radius 2 is 1.66 bits per heavy atom. The molecule has 0 aromatic heterocycles. The summed E-state index contributed by atoms with van der Waals surface area (Å²) in [5.74, 6) is 1.04. The maximum Gasteiger partial charge on any atom is 0.243 e. The molecule has 0 unspecified atom stereocenters. The van der Waals surface area contributed by atoms with Crippen LogP contribution < -0.4 is 5.32 Å². The molecule has 2 rings (SSSR count). The molecule has 0 aliphatic heterocycles. The van der Waals surface area contributed by atoms with Gasteiger partial charge in [0.25, 0.3) is 0 Å². The number of thioether (sulfide) groups is 1. The van der Waals surface area contributed by atoms with Gasteiger partial charge in [-0.25, -0.2) is 0 Å². The second kappa shape index (κ2) is 11.7. The first-order chi connectivity index (χ1) is 13.9. The monoisotopic (exact) mass is 412 g/mol. The van der Waals surface area contributed by atoms with Crippen LogP contribution in [-0.2, 0) is 21.9 Å². The maximum absolute atomic E-state index is 13.1. The Kier molecular flexibility index (Phi) is 9.26. The third-order valence-corrected chi connectivity index (χ3v) is 5.62. The molecule has 29 heavy (non-hydrogen) atoms. The van der Waals surface area contributed by atoms with Crippen LogP contribution >= 0.6 is 11.8 Å². The molecule has 0 radical (unpaired) electrons. The Hall–Kier alpha value is -2.27. The number of carbonyl (C=O) groups excluding carboxylic acids is 2.